The van der Waals surface area contributed by atoms with Gasteiger partial charge in [-0.1, -0.05) is 19.1 Å². The Balaban J connectivity index is 2.19. The minimum absolute atomic E-state index is 0.00705. The van der Waals surface area contributed by atoms with Gasteiger partial charge in [-0.05, 0) is 66.0 Å². The van der Waals surface area contributed by atoms with Crippen LogP contribution in [-0.2, 0) is 14.3 Å². The van der Waals surface area contributed by atoms with Gasteiger partial charge in [0.1, 0.15) is 23.3 Å². The Kier molecular flexibility index (Phi) is 8.78. The molecule has 10 heteroatoms. The quantitative estimate of drug-likeness (QED) is 0.546. The molecule has 0 unspecified atom stereocenters. The molecule has 2 heterocycles. The first-order valence-corrected chi connectivity index (χ1v) is 11.3. The molecular weight excluding hydrogens is 452 g/mol. The number of pyridine rings is 1. The van der Waals surface area contributed by atoms with Crippen molar-refractivity contribution in [3.63, 3.8) is 0 Å². The summed E-state index contributed by atoms with van der Waals surface area (Å²) in [6.45, 7) is 12.0. The molecule has 1 atom stereocenters. The van der Waals surface area contributed by atoms with Crippen LogP contribution >= 0.6 is 0 Å². The highest BCUT2D eigenvalue weighted by atomic mass is 16.6. The molecule has 0 saturated heterocycles. The molecular formula is C25H34N4O6. The van der Waals surface area contributed by atoms with E-state index in [1.807, 2.05) is 6.07 Å². The Bertz CT molecular complexity index is 1040. The van der Waals surface area contributed by atoms with Gasteiger partial charge in [-0.15, -0.1) is 0 Å². The first-order valence-electron chi connectivity index (χ1n) is 11.3. The normalized spacial score (nSPS) is 13.2. The van der Waals surface area contributed by atoms with E-state index in [9.17, 15) is 19.5 Å². The second-order valence-corrected chi connectivity index (χ2v) is 10.2. The summed E-state index contributed by atoms with van der Waals surface area (Å²) >= 11 is 0. The van der Waals surface area contributed by atoms with Crippen molar-refractivity contribution in [3.8, 4) is 5.82 Å². The molecule has 10 nitrogen and oxygen atoms in total. The van der Waals surface area contributed by atoms with Gasteiger partial charge in [0, 0.05) is 18.9 Å². The summed E-state index contributed by atoms with van der Waals surface area (Å²) in [5, 5.41) is 9.74. The molecule has 2 amide bonds. The van der Waals surface area contributed by atoms with Crippen LogP contribution in [0.1, 0.15) is 60.6 Å². The summed E-state index contributed by atoms with van der Waals surface area (Å²) in [6, 6.07) is 5.38. The number of hydrogen-bond acceptors (Lipinski definition) is 7. The number of carboxylic acids is 1. The number of imide groups is 1. The van der Waals surface area contributed by atoms with Crippen molar-refractivity contribution >= 4 is 23.7 Å². The maximum absolute atomic E-state index is 12.7. The Labute approximate surface area is 205 Å². The van der Waals surface area contributed by atoms with Crippen LogP contribution in [0.3, 0.4) is 0 Å². The molecule has 190 valence electrons. The number of nitrogens with zero attached hydrogens (tertiary/aromatic N) is 4. The number of hydrogen-bond donors (Lipinski definition) is 1. The Morgan fingerprint density at radius 1 is 1.06 bits per heavy atom. The molecule has 2 aromatic heterocycles. The summed E-state index contributed by atoms with van der Waals surface area (Å²) in [6.07, 6.45) is 4.85. The number of amides is 2. The highest BCUT2D eigenvalue weighted by Crippen LogP contribution is 2.20. The third kappa shape index (κ3) is 8.88. The number of allylic oxidation sites excluding steroid dienone is 1. The fourth-order valence-electron chi connectivity index (χ4n) is 2.96. The predicted molar refractivity (Wildman–Crippen MR) is 130 cm³/mol. The summed E-state index contributed by atoms with van der Waals surface area (Å²) in [4.78, 5) is 46.7. The molecule has 0 radical (unpaired) electrons. The highest BCUT2D eigenvalue weighted by molar-refractivity contribution is 6.14. The largest absolute Gasteiger partial charge is 0.478 e. The van der Waals surface area contributed by atoms with Crippen LogP contribution < -0.4 is 0 Å². The SMILES string of the molecule is C[C@H](C/C=C(\C(=O)O)c1cn(-c2ccccn2)cn1)CN(C(=O)OC(C)(C)C)C(=O)OC(C)(C)C. The van der Waals surface area contributed by atoms with Crippen LogP contribution in [0.4, 0.5) is 9.59 Å². The Morgan fingerprint density at radius 3 is 2.14 bits per heavy atom. The van der Waals surface area contributed by atoms with Crippen molar-refractivity contribution in [3.05, 3.63) is 48.7 Å². The lowest BCUT2D eigenvalue weighted by Crippen LogP contribution is -2.45. The second-order valence-electron chi connectivity index (χ2n) is 10.2. The van der Waals surface area contributed by atoms with Crippen molar-refractivity contribution in [1.82, 2.24) is 19.4 Å². The van der Waals surface area contributed by atoms with Crippen LogP contribution in [0.5, 0.6) is 0 Å². The summed E-state index contributed by atoms with van der Waals surface area (Å²) in [5.41, 5.74) is -1.33. The van der Waals surface area contributed by atoms with E-state index in [1.165, 1.54) is 12.4 Å². The molecule has 0 spiro atoms. The van der Waals surface area contributed by atoms with Crippen molar-refractivity contribution in [2.45, 2.75) is 66.1 Å². The van der Waals surface area contributed by atoms with Crippen LogP contribution in [0.15, 0.2) is 43.0 Å². The number of rotatable bonds is 7. The monoisotopic (exact) mass is 486 g/mol. The number of carbonyl (C=O) groups is 3. The number of carbonyl (C=O) groups excluding carboxylic acids is 2. The van der Waals surface area contributed by atoms with Crippen molar-refractivity contribution < 1.29 is 29.0 Å². The third-order valence-corrected chi connectivity index (χ3v) is 4.45. The summed E-state index contributed by atoms with van der Waals surface area (Å²) in [5.74, 6) is -0.823. The molecule has 0 aromatic carbocycles. The molecule has 0 aliphatic carbocycles. The smallest absolute Gasteiger partial charge is 0.419 e. The van der Waals surface area contributed by atoms with Gasteiger partial charge in [0.25, 0.3) is 0 Å². The second kappa shape index (κ2) is 11.2. The minimum Gasteiger partial charge on any atom is -0.478 e. The van der Waals surface area contributed by atoms with Crippen molar-refractivity contribution in [2.24, 2.45) is 5.92 Å². The average Bonchev–Trinajstić information content (AvgIpc) is 3.19. The van der Waals surface area contributed by atoms with E-state index in [1.54, 1.807) is 77.6 Å². The van der Waals surface area contributed by atoms with Gasteiger partial charge in [0.15, 0.2) is 0 Å². The zero-order chi connectivity index (χ0) is 26.4. The molecule has 2 aromatic rings. The van der Waals surface area contributed by atoms with E-state index in [0.717, 1.165) is 4.90 Å². The van der Waals surface area contributed by atoms with E-state index in [4.69, 9.17) is 9.47 Å². The molecule has 0 bridgehead atoms. The van der Waals surface area contributed by atoms with Gasteiger partial charge in [0.05, 0.1) is 11.3 Å². The number of imidazole rings is 1. The summed E-state index contributed by atoms with van der Waals surface area (Å²) < 4.78 is 12.4. The molecule has 2 rings (SSSR count). The van der Waals surface area contributed by atoms with Crippen LogP contribution in [0, 0.1) is 5.92 Å². The van der Waals surface area contributed by atoms with Gasteiger partial charge in [0.2, 0.25) is 0 Å². The number of aliphatic carboxylic acids is 1. The van der Waals surface area contributed by atoms with E-state index < -0.39 is 29.4 Å². The lowest BCUT2D eigenvalue weighted by Gasteiger charge is -2.29. The summed E-state index contributed by atoms with van der Waals surface area (Å²) in [7, 11) is 0. The maximum Gasteiger partial charge on any atom is 0.419 e. The highest BCUT2D eigenvalue weighted by Gasteiger charge is 2.32. The third-order valence-electron chi connectivity index (χ3n) is 4.45. The van der Waals surface area contributed by atoms with Gasteiger partial charge in [-0.2, -0.15) is 0 Å². The fourth-order valence-corrected chi connectivity index (χ4v) is 2.96. The van der Waals surface area contributed by atoms with Crippen LogP contribution in [-0.4, -0.2) is 60.4 Å². The maximum atomic E-state index is 12.7. The van der Waals surface area contributed by atoms with E-state index in [2.05, 4.69) is 9.97 Å². The van der Waals surface area contributed by atoms with E-state index in [-0.39, 0.29) is 30.2 Å². The molecule has 0 aliphatic heterocycles. The van der Waals surface area contributed by atoms with Gasteiger partial charge in [-0.25, -0.2) is 29.3 Å². The lowest BCUT2D eigenvalue weighted by molar-refractivity contribution is -0.130. The lowest BCUT2D eigenvalue weighted by atomic mass is 10.0. The predicted octanol–water partition coefficient (Wildman–Crippen LogP) is 4.93. The van der Waals surface area contributed by atoms with E-state index in [0.29, 0.717) is 5.82 Å². The molecule has 1 N–H and O–H groups in total. The zero-order valence-corrected chi connectivity index (χ0v) is 21.3. The first-order chi connectivity index (χ1) is 16.2. The van der Waals surface area contributed by atoms with Gasteiger partial charge < -0.3 is 14.6 Å². The minimum atomic E-state index is -1.14. The van der Waals surface area contributed by atoms with Crippen molar-refractivity contribution in [2.75, 3.05) is 6.54 Å². The molecule has 35 heavy (non-hydrogen) atoms. The number of aromatic nitrogens is 3. The molecule has 0 fully saturated rings. The Hall–Kier alpha value is -3.69. The van der Waals surface area contributed by atoms with Gasteiger partial charge in [-0.3, -0.25) is 4.57 Å². The van der Waals surface area contributed by atoms with Crippen LogP contribution in [0.25, 0.3) is 11.4 Å². The topological polar surface area (TPSA) is 124 Å². The molecule has 0 saturated carbocycles. The van der Waals surface area contributed by atoms with E-state index >= 15 is 0 Å². The average molecular weight is 487 g/mol. The van der Waals surface area contributed by atoms with Gasteiger partial charge >= 0.3 is 18.2 Å². The van der Waals surface area contributed by atoms with Crippen molar-refractivity contribution in [1.29, 1.82) is 0 Å². The Morgan fingerprint density at radius 2 is 1.66 bits per heavy atom. The zero-order valence-electron chi connectivity index (χ0n) is 21.3. The van der Waals surface area contributed by atoms with Crippen LogP contribution in [0.2, 0.25) is 0 Å². The fraction of sp³-hybridized carbons (Fsp3) is 0.480. The standard InChI is InChI=1S/C25H34N4O6/c1-17(14-29(22(32)34-24(2,3)4)23(33)35-25(5,6)7)11-12-18(21(30)31)19-15-28(16-27-19)20-10-8-9-13-26-20/h8-10,12-13,15-17H,11,14H2,1-7H3,(H,30,31)/b18-12-/t17-/m1/s1. The number of carboxylic acid groups (broad SMARTS) is 1. The number of ether oxygens (including phenoxy) is 2. The first kappa shape index (κ1) is 27.6. The molecule has 0 aliphatic rings.